The van der Waals surface area contributed by atoms with Crippen molar-refractivity contribution in [2.45, 2.75) is 19.9 Å². The molecule has 0 aliphatic heterocycles. The molecule has 0 amide bonds. The number of aromatic nitrogens is 3. The summed E-state index contributed by atoms with van der Waals surface area (Å²) in [5, 5.41) is 3.36. The molecule has 1 N–H and O–H groups in total. The summed E-state index contributed by atoms with van der Waals surface area (Å²) in [6, 6.07) is 4.13. The smallest absolute Gasteiger partial charge is 0.130 e. The first-order valence-electron chi connectivity index (χ1n) is 5.34. The van der Waals surface area contributed by atoms with Crippen molar-refractivity contribution in [2.75, 3.05) is 5.32 Å². The van der Waals surface area contributed by atoms with E-state index in [-0.39, 0.29) is 6.04 Å². The molecule has 0 bridgehead atoms. The van der Waals surface area contributed by atoms with Crippen molar-refractivity contribution in [3.63, 3.8) is 0 Å². The Hall–Kier alpha value is -1.84. The number of hydrogen-bond acceptors (Lipinski definition) is 3. The van der Waals surface area contributed by atoms with E-state index in [1.165, 1.54) is 0 Å². The van der Waals surface area contributed by atoms with Gasteiger partial charge in [-0.25, -0.2) is 9.97 Å². The van der Waals surface area contributed by atoms with Crippen molar-refractivity contribution in [2.24, 2.45) is 7.05 Å². The van der Waals surface area contributed by atoms with Gasteiger partial charge in [-0.3, -0.25) is 0 Å². The summed E-state index contributed by atoms with van der Waals surface area (Å²) in [5.74, 6) is 1.92. The van der Waals surface area contributed by atoms with Crippen molar-refractivity contribution < 1.29 is 0 Å². The Morgan fingerprint density at radius 1 is 1.31 bits per heavy atom. The molecule has 0 aromatic carbocycles. The van der Waals surface area contributed by atoms with Crippen LogP contribution in [0.25, 0.3) is 0 Å². The molecule has 1 atom stereocenters. The molecule has 0 aliphatic carbocycles. The minimum Gasteiger partial charge on any atom is -0.360 e. The molecule has 1 unspecified atom stereocenters. The second kappa shape index (κ2) is 4.35. The third-order valence-electron chi connectivity index (χ3n) is 2.61. The lowest BCUT2D eigenvalue weighted by Crippen LogP contribution is -2.13. The van der Waals surface area contributed by atoms with E-state index in [4.69, 9.17) is 0 Å². The topological polar surface area (TPSA) is 42.7 Å². The first-order valence-corrected chi connectivity index (χ1v) is 5.34. The maximum atomic E-state index is 4.31. The highest BCUT2D eigenvalue weighted by molar-refractivity contribution is 5.43. The Morgan fingerprint density at radius 2 is 2.12 bits per heavy atom. The van der Waals surface area contributed by atoms with Crippen LogP contribution in [0.4, 0.5) is 5.82 Å². The Bertz CT molecular complexity index is 475. The van der Waals surface area contributed by atoms with Crippen molar-refractivity contribution >= 4 is 5.82 Å². The maximum Gasteiger partial charge on any atom is 0.130 e. The molecule has 2 aromatic rings. The van der Waals surface area contributed by atoms with E-state index in [9.17, 15) is 0 Å². The van der Waals surface area contributed by atoms with Gasteiger partial charge in [0.15, 0.2) is 0 Å². The summed E-state index contributed by atoms with van der Waals surface area (Å²) in [7, 11) is 1.99. The van der Waals surface area contributed by atoms with Gasteiger partial charge in [0, 0.05) is 25.6 Å². The molecule has 0 aliphatic rings. The zero-order valence-electron chi connectivity index (χ0n) is 9.81. The number of pyridine rings is 1. The van der Waals surface area contributed by atoms with Gasteiger partial charge in [0.05, 0.1) is 6.04 Å². The number of hydrogen-bond donors (Lipinski definition) is 1. The third-order valence-corrected chi connectivity index (χ3v) is 2.61. The highest BCUT2D eigenvalue weighted by atomic mass is 15.1. The van der Waals surface area contributed by atoms with Crippen molar-refractivity contribution in [1.29, 1.82) is 0 Å². The van der Waals surface area contributed by atoms with Gasteiger partial charge in [-0.2, -0.15) is 0 Å². The summed E-state index contributed by atoms with van der Waals surface area (Å²) in [5.41, 5.74) is 1.14. The number of anilines is 1. The molecule has 2 rings (SSSR count). The van der Waals surface area contributed by atoms with Gasteiger partial charge in [-0.15, -0.1) is 0 Å². The number of aryl methyl sites for hydroxylation is 2. The van der Waals surface area contributed by atoms with Crippen LogP contribution in [0.15, 0.2) is 30.7 Å². The van der Waals surface area contributed by atoms with Gasteiger partial charge < -0.3 is 9.88 Å². The SMILES string of the molecule is Cc1cccnc1NC(C)c1nccn1C. The number of imidazole rings is 1. The summed E-state index contributed by atoms with van der Waals surface area (Å²) in [4.78, 5) is 8.62. The average Bonchev–Trinajstić information content (AvgIpc) is 2.68. The van der Waals surface area contributed by atoms with E-state index in [0.29, 0.717) is 0 Å². The third kappa shape index (κ3) is 2.05. The van der Waals surface area contributed by atoms with Gasteiger partial charge in [0.25, 0.3) is 0 Å². The monoisotopic (exact) mass is 216 g/mol. The molecule has 2 heterocycles. The fourth-order valence-corrected chi connectivity index (χ4v) is 1.70. The van der Waals surface area contributed by atoms with Crippen molar-refractivity contribution in [3.05, 3.63) is 42.1 Å². The van der Waals surface area contributed by atoms with Crippen LogP contribution in [0.3, 0.4) is 0 Å². The molecular formula is C12H16N4. The summed E-state index contributed by atoms with van der Waals surface area (Å²) >= 11 is 0. The van der Waals surface area contributed by atoms with E-state index in [0.717, 1.165) is 17.2 Å². The second-order valence-electron chi connectivity index (χ2n) is 3.93. The lowest BCUT2D eigenvalue weighted by atomic mass is 10.2. The molecule has 0 saturated carbocycles. The van der Waals surface area contributed by atoms with Crippen LogP contribution in [-0.2, 0) is 7.05 Å². The van der Waals surface area contributed by atoms with Crippen LogP contribution < -0.4 is 5.32 Å². The lowest BCUT2D eigenvalue weighted by Gasteiger charge is -2.15. The minimum atomic E-state index is 0.147. The van der Waals surface area contributed by atoms with Crippen molar-refractivity contribution in [1.82, 2.24) is 14.5 Å². The van der Waals surface area contributed by atoms with Gasteiger partial charge in [-0.05, 0) is 25.5 Å². The maximum absolute atomic E-state index is 4.31. The molecule has 84 valence electrons. The van der Waals surface area contributed by atoms with E-state index >= 15 is 0 Å². The fourth-order valence-electron chi connectivity index (χ4n) is 1.70. The van der Waals surface area contributed by atoms with Crippen molar-refractivity contribution in [3.8, 4) is 0 Å². The summed E-state index contributed by atoms with van der Waals surface area (Å²) < 4.78 is 2.01. The minimum absolute atomic E-state index is 0.147. The standard InChI is InChI=1S/C12H16N4/c1-9-5-4-6-13-11(9)15-10(2)12-14-7-8-16(12)3/h4-8,10H,1-3H3,(H,13,15). The molecule has 4 nitrogen and oxygen atoms in total. The summed E-state index contributed by atoms with van der Waals surface area (Å²) in [6.07, 6.45) is 5.54. The van der Waals surface area contributed by atoms with Crippen LogP contribution in [0.2, 0.25) is 0 Å². The Labute approximate surface area is 95.4 Å². The van der Waals surface area contributed by atoms with Gasteiger partial charge in [-0.1, -0.05) is 6.07 Å². The molecular weight excluding hydrogens is 200 g/mol. The van der Waals surface area contributed by atoms with Crippen LogP contribution >= 0.6 is 0 Å². The zero-order valence-corrected chi connectivity index (χ0v) is 9.81. The van der Waals surface area contributed by atoms with Crippen LogP contribution in [0.5, 0.6) is 0 Å². The normalized spacial score (nSPS) is 12.4. The lowest BCUT2D eigenvalue weighted by molar-refractivity contribution is 0.718. The molecule has 0 spiro atoms. The predicted octanol–water partition coefficient (Wildman–Crippen LogP) is 2.30. The summed E-state index contributed by atoms with van der Waals surface area (Å²) in [6.45, 7) is 4.12. The molecule has 0 saturated heterocycles. The van der Waals surface area contributed by atoms with E-state index in [1.54, 1.807) is 12.4 Å². The number of nitrogens with one attached hydrogen (secondary N) is 1. The molecule has 0 fully saturated rings. The molecule has 16 heavy (non-hydrogen) atoms. The van der Waals surface area contributed by atoms with Crippen LogP contribution in [0, 0.1) is 6.92 Å². The fraction of sp³-hybridized carbons (Fsp3) is 0.333. The van der Waals surface area contributed by atoms with Crippen LogP contribution in [-0.4, -0.2) is 14.5 Å². The van der Waals surface area contributed by atoms with Gasteiger partial charge in [0.1, 0.15) is 11.6 Å². The van der Waals surface area contributed by atoms with Gasteiger partial charge >= 0.3 is 0 Å². The van der Waals surface area contributed by atoms with E-state index in [2.05, 4.69) is 22.2 Å². The molecule has 0 radical (unpaired) electrons. The Balaban J connectivity index is 2.17. The van der Waals surface area contributed by atoms with E-state index in [1.807, 2.05) is 36.9 Å². The predicted molar refractivity (Wildman–Crippen MR) is 64.2 cm³/mol. The first kappa shape index (κ1) is 10.7. The van der Waals surface area contributed by atoms with Crippen LogP contribution in [0.1, 0.15) is 24.4 Å². The molecule has 2 aromatic heterocycles. The molecule has 4 heteroatoms. The quantitative estimate of drug-likeness (QED) is 0.856. The zero-order chi connectivity index (χ0) is 11.5. The Morgan fingerprint density at radius 3 is 2.75 bits per heavy atom. The Kier molecular flexibility index (Phi) is 2.90. The van der Waals surface area contributed by atoms with Gasteiger partial charge in [0.2, 0.25) is 0 Å². The van der Waals surface area contributed by atoms with E-state index < -0.39 is 0 Å². The number of nitrogens with zero attached hydrogens (tertiary/aromatic N) is 3. The highest BCUT2D eigenvalue weighted by Crippen LogP contribution is 2.17. The highest BCUT2D eigenvalue weighted by Gasteiger charge is 2.11. The number of rotatable bonds is 3. The first-order chi connectivity index (χ1) is 7.68. The largest absolute Gasteiger partial charge is 0.360 e. The second-order valence-corrected chi connectivity index (χ2v) is 3.93. The average molecular weight is 216 g/mol.